The fourth-order valence-electron chi connectivity index (χ4n) is 12.0. The number of aromatic nitrogens is 4. The third kappa shape index (κ3) is 18.1. The number of nitrogens with zero attached hydrogens (tertiary/aromatic N) is 4. The minimum absolute atomic E-state index is 0. The summed E-state index contributed by atoms with van der Waals surface area (Å²) in [5.74, 6) is -5.73. The van der Waals surface area contributed by atoms with Crippen LogP contribution in [0.25, 0.3) is 44.5 Å². The van der Waals surface area contributed by atoms with E-state index >= 15 is 0 Å². The Morgan fingerprint density at radius 1 is 0.376 bits per heavy atom. The molecule has 12 rings (SSSR count). The zero-order chi connectivity index (χ0) is 72.5. The lowest BCUT2D eigenvalue weighted by Crippen LogP contribution is -2.29. The van der Waals surface area contributed by atoms with Crippen molar-refractivity contribution in [2.45, 2.75) is 152 Å². The van der Waals surface area contributed by atoms with Crippen LogP contribution in [0.15, 0.2) is 97.1 Å². The second-order valence-electron chi connectivity index (χ2n) is 25.8. The van der Waals surface area contributed by atoms with Crippen LogP contribution in [-0.2, 0) is 35.2 Å². The zero-order valence-electron chi connectivity index (χ0n) is 57.0. The van der Waals surface area contributed by atoms with Crippen molar-refractivity contribution in [2.24, 2.45) is 35.1 Å². The third-order valence-corrected chi connectivity index (χ3v) is 17.4. The summed E-state index contributed by atoms with van der Waals surface area (Å²) in [6.45, 7) is 20.1. The molecule has 8 heterocycles. The Bertz CT molecular complexity index is 4110. The molecule has 4 N–H and O–H groups in total. The Hall–Kier alpha value is -10.0. The van der Waals surface area contributed by atoms with Gasteiger partial charge in [-0.15, -0.1) is 0 Å². The molecule has 16 nitrogen and oxygen atoms in total. The van der Waals surface area contributed by atoms with Crippen molar-refractivity contribution in [3.05, 3.63) is 189 Å². The number of halogens is 8. The first-order valence-electron chi connectivity index (χ1n) is 33.1. The summed E-state index contributed by atoms with van der Waals surface area (Å²) in [4.78, 5) is 64.5. The van der Waals surface area contributed by atoms with Crippen LogP contribution in [0.1, 0.15) is 167 Å². The van der Waals surface area contributed by atoms with Gasteiger partial charge in [0.1, 0.15) is 82.3 Å². The normalized spacial score (nSPS) is 16.2. The molecule has 0 saturated carbocycles. The topological polar surface area (TPSA) is 227 Å². The van der Waals surface area contributed by atoms with E-state index in [1.165, 1.54) is 72.8 Å². The minimum Gasteiger partial charge on any atom is -0.474 e. The number of amides is 2. The highest BCUT2D eigenvalue weighted by molar-refractivity contribution is 5.94. The average molecular weight is 1400 g/mol. The molecule has 0 unspecified atom stereocenters. The van der Waals surface area contributed by atoms with Crippen molar-refractivity contribution in [3.8, 4) is 68.0 Å². The van der Waals surface area contributed by atoms with Crippen molar-refractivity contribution in [2.75, 3.05) is 13.2 Å². The molecule has 0 spiro atoms. The SMILES string of the molecule is C.CC(C)[C@@H]1CCc2c(-c3ccc(F)cc3F)cc(C(N)=O)nc2O1.CC(C)[C@H]1CCc2c(-c3ccc(F)cc3F)cc(C(N)=O)nc2O1.CCOC(=O)c1cc(-c2ccc(F)cc2F)c2c(n1)O[C@@H](C(C)C)CC2.CCOC(=O)c1cc(-c2ccc(F)cc2F)c2c(n1)O[C@H](C(C)C)CC2. The molecular weight excluding hydrogens is 1320 g/mol. The van der Waals surface area contributed by atoms with Crippen molar-refractivity contribution in [3.63, 3.8) is 0 Å². The molecule has 0 fully saturated rings. The zero-order valence-corrected chi connectivity index (χ0v) is 57.0. The monoisotopic (exact) mass is 1400 g/mol. The Balaban J connectivity index is 0.000000171. The maximum atomic E-state index is 14.4. The largest absolute Gasteiger partial charge is 0.474 e. The maximum absolute atomic E-state index is 14.4. The molecule has 536 valence electrons. The Labute approximate surface area is 581 Å². The number of benzene rings is 4. The van der Waals surface area contributed by atoms with E-state index in [-0.39, 0.29) is 114 Å². The molecule has 2 amide bonds. The second-order valence-corrected chi connectivity index (χ2v) is 25.8. The van der Waals surface area contributed by atoms with Gasteiger partial charge in [-0.05, 0) is 184 Å². The van der Waals surface area contributed by atoms with E-state index in [1.807, 2.05) is 55.4 Å². The molecule has 4 aromatic heterocycles. The van der Waals surface area contributed by atoms with Crippen LogP contribution in [0.3, 0.4) is 0 Å². The smallest absolute Gasteiger partial charge is 0.357 e. The van der Waals surface area contributed by atoms with Gasteiger partial charge < -0.3 is 39.9 Å². The molecule has 8 aromatic rings. The molecule has 24 heteroatoms. The second kappa shape index (κ2) is 33.4. The maximum Gasteiger partial charge on any atom is 0.357 e. The number of nitrogens with two attached hydrogens (primary N) is 2. The summed E-state index contributed by atoms with van der Waals surface area (Å²) in [6.07, 6.45) is 5.49. The first kappa shape index (κ1) is 76.7. The lowest BCUT2D eigenvalue weighted by Gasteiger charge is -2.29. The lowest BCUT2D eigenvalue weighted by molar-refractivity contribution is 0.0506. The van der Waals surface area contributed by atoms with E-state index in [0.717, 1.165) is 61.1 Å². The molecule has 0 bridgehead atoms. The number of carbonyl (C=O) groups excluding carboxylic acids is 4. The van der Waals surface area contributed by atoms with E-state index in [0.29, 0.717) is 82.6 Å². The fourth-order valence-corrected chi connectivity index (χ4v) is 12.0. The van der Waals surface area contributed by atoms with Crippen molar-refractivity contribution < 1.29 is 82.7 Å². The van der Waals surface area contributed by atoms with Gasteiger partial charge in [0.25, 0.3) is 11.8 Å². The van der Waals surface area contributed by atoms with Gasteiger partial charge in [-0.3, -0.25) is 9.59 Å². The molecule has 0 saturated heterocycles. The number of fused-ring (bicyclic) bond motifs is 4. The predicted molar refractivity (Wildman–Crippen MR) is 364 cm³/mol. The summed E-state index contributed by atoms with van der Waals surface area (Å²) >= 11 is 0. The highest BCUT2D eigenvalue weighted by Gasteiger charge is 2.34. The van der Waals surface area contributed by atoms with Crippen LogP contribution in [-0.4, -0.2) is 81.3 Å². The molecule has 4 aliphatic heterocycles. The third-order valence-electron chi connectivity index (χ3n) is 17.4. The van der Waals surface area contributed by atoms with Gasteiger partial charge in [0.05, 0.1) is 13.2 Å². The lowest BCUT2D eigenvalue weighted by atomic mass is 9.91. The number of pyridine rings is 4. The van der Waals surface area contributed by atoms with Crippen LogP contribution in [0.5, 0.6) is 23.5 Å². The Kier molecular flexibility index (Phi) is 25.4. The van der Waals surface area contributed by atoms with Crippen LogP contribution in [0.2, 0.25) is 0 Å². The average Bonchev–Trinajstić information content (AvgIpc) is 0.796. The summed E-state index contributed by atoms with van der Waals surface area (Å²) in [6, 6.07) is 19.3. The number of rotatable bonds is 14. The predicted octanol–water partition coefficient (Wildman–Crippen LogP) is 16.7. The number of carbonyl (C=O) groups is 4. The Morgan fingerprint density at radius 2 is 0.594 bits per heavy atom. The van der Waals surface area contributed by atoms with Gasteiger partial charge in [-0.2, -0.15) is 0 Å². The van der Waals surface area contributed by atoms with E-state index in [9.17, 15) is 54.3 Å². The summed E-state index contributed by atoms with van der Waals surface area (Å²) < 4.78 is 144. The van der Waals surface area contributed by atoms with Crippen molar-refractivity contribution in [1.29, 1.82) is 0 Å². The molecule has 0 radical (unpaired) electrons. The van der Waals surface area contributed by atoms with Crippen LogP contribution < -0.4 is 30.4 Å². The van der Waals surface area contributed by atoms with E-state index in [2.05, 4.69) is 19.9 Å². The molecule has 0 aliphatic carbocycles. The van der Waals surface area contributed by atoms with Crippen molar-refractivity contribution in [1.82, 2.24) is 19.9 Å². The quantitative estimate of drug-likeness (QED) is 0.0763. The van der Waals surface area contributed by atoms with Gasteiger partial charge in [0.2, 0.25) is 23.5 Å². The first-order valence-corrected chi connectivity index (χ1v) is 33.1. The van der Waals surface area contributed by atoms with Crippen LogP contribution >= 0.6 is 0 Å². The minimum atomic E-state index is -0.725. The molecule has 4 atom stereocenters. The number of primary amides is 2. The summed E-state index contributed by atoms with van der Waals surface area (Å²) in [5, 5.41) is 0. The van der Waals surface area contributed by atoms with E-state index in [1.54, 1.807) is 13.8 Å². The number of esters is 2. The summed E-state index contributed by atoms with van der Waals surface area (Å²) in [5.41, 5.74) is 16.4. The summed E-state index contributed by atoms with van der Waals surface area (Å²) in [7, 11) is 0. The van der Waals surface area contributed by atoms with Gasteiger partial charge in [0.15, 0.2) is 11.4 Å². The Morgan fingerprint density at radius 3 is 0.792 bits per heavy atom. The first-order chi connectivity index (χ1) is 47.5. The molecule has 4 aromatic carbocycles. The standard InChI is InChI=1S/2C20H21F2NO3.2C18H18F2N2O2.CH4/c2*1-4-25-20(24)17-10-15(13-6-5-12(21)9-16(13)22)14-7-8-18(11(2)3)26-19(14)23-17;2*1-9(2)16-6-5-12-13(11-4-3-10(19)7-14(11)20)8-15(17(21)23)22-18(12)24-16;/h2*5-6,9-11,18H,4,7-8H2,1-3H3;2*3-4,7-9,16H,5-6H2,1-2H3,(H2,21,23);1H4/t2*18-;2*16-;/m1010./s1. The highest BCUT2D eigenvalue weighted by Crippen LogP contribution is 2.43. The highest BCUT2D eigenvalue weighted by atomic mass is 19.2. The van der Waals surface area contributed by atoms with Crippen LogP contribution in [0.4, 0.5) is 35.1 Å². The molecule has 4 aliphatic rings. The van der Waals surface area contributed by atoms with E-state index in [4.69, 9.17) is 39.9 Å². The van der Waals surface area contributed by atoms with Gasteiger partial charge >= 0.3 is 11.9 Å². The number of ether oxygens (including phenoxy) is 6. The van der Waals surface area contributed by atoms with Gasteiger partial charge in [-0.1, -0.05) is 62.8 Å². The fraction of sp³-hybridized carbons (Fsp3) is 0.377. The van der Waals surface area contributed by atoms with E-state index < -0.39 is 70.3 Å². The van der Waals surface area contributed by atoms with Crippen molar-refractivity contribution >= 4 is 23.8 Å². The number of hydrogen-bond acceptors (Lipinski definition) is 14. The van der Waals surface area contributed by atoms with Gasteiger partial charge in [0, 0.05) is 68.8 Å². The van der Waals surface area contributed by atoms with Gasteiger partial charge in [-0.25, -0.2) is 64.6 Å². The molecular formula is C77H82F8N6O10. The number of hydrogen-bond donors (Lipinski definition) is 2. The molecule has 101 heavy (non-hydrogen) atoms. The van der Waals surface area contributed by atoms with Crippen LogP contribution in [0, 0.1) is 70.2 Å².